The Bertz CT molecular complexity index is 598. The summed E-state index contributed by atoms with van der Waals surface area (Å²) in [6.07, 6.45) is 12.2. The molecule has 24 heavy (non-hydrogen) atoms. The number of methoxy groups -OCH3 is 1. The van der Waals surface area contributed by atoms with Crippen molar-refractivity contribution in [2.45, 2.75) is 71.8 Å². The number of ether oxygens (including phenoxy) is 1. The number of hydrogen-bond donors (Lipinski definition) is 1. The quantitative estimate of drug-likeness (QED) is 0.581. The van der Waals surface area contributed by atoms with Crippen LogP contribution in [0.1, 0.15) is 65.7 Å². The van der Waals surface area contributed by atoms with Gasteiger partial charge in [0.25, 0.3) is 0 Å². The van der Waals surface area contributed by atoms with Gasteiger partial charge in [0, 0.05) is 0 Å². The first-order chi connectivity index (χ1) is 11.2. The Hall–Kier alpha value is -0.830. The Kier molecular flexibility index (Phi) is 3.37. The molecule has 2 bridgehead atoms. The molecule has 4 rings (SSSR count). The zero-order chi connectivity index (χ0) is 17.4. The van der Waals surface area contributed by atoms with Crippen LogP contribution in [0.25, 0.3) is 0 Å². The van der Waals surface area contributed by atoms with Crippen molar-refractivity contribution in [3.63, 3.8) is 0 Å². The molecule has 1 N–H and O–H groups in total. The van der Waals surface area contributed by atoms with E-state index in [1.807, 2.05) is 6.92 Å². The molecule has 134 valence electrons. The molecule has 1 spiro atoms. The van der Waals surface area contributed by atoms with Gasteiger partial charge in [-0.15, -0.1) is 0 Å². The average Bonchev–Trinajstić information content (AvgIpc) is 2.80. The van der Waals surface area contributed by atoms with E-state index in [0.29, 0.717) is 23.2 Å². The molecular formula is C21H32O3. The van der Waals surface area contributed by atoms with Crippen molar-refractivity contribution in [1.29, 1.82) is 0 Å². The van der Waals surface area contributed by atoms with Crippen molar-refractivity contribution >= 4 is 5.97 Å². The molecule has 4 aliphatic rings. The van der Waals surface area contributed by atoms with Gasteiger partial charge in [-0.3, -0.25) is 4.79 Å². The molecule has 0 aliphatic heterocycles. The van der Waals surface area contributed by atoms with Crippen LogP contribution < -0.4 is 0 Å². The summed E-state index contributed by atoms with van der Waals surface area (Å²) in [7, 11) is 1.46. The van der Waals surface area contributed by atoms with E-state index in [-0.39, 0.29) is 17.3 Å². The van der Waals surface area contributed by atoms with Gasteiger partial charge in [-0.25, -0.2) is 0 Å². The fourth-order valence-electron chi connectivity index (χ4n) is 7.54. The van der Waals surface area contributed by atoms with Crippen LogP contribution in [-0.4, -0.2) is 24.3 Å². The second-order valence-electron chi connectivity index (χ2n) is 9.91. The minimum absolute atomic E-state index is 0.121. The van der Waals surface area contributed by atoms with Gasteiger partial charge < -0.3 is 9.84 Å². The maximum Gasteiger partial charge on any atom is 0.314 e. The minimum atomic E-state index is -0.758. The van der Waals surface area contributed by atoms with Crippen LogP contribution in [0.4, 0.5) is 0 Å². The molecule has 0 heterocycles. The lowest BCUT2D eigenvalue weighted by Crippen LogP contribution is -2.62. The van der Waals surface area contributed by atoms with E-state index in [4.69, 9.17) is 4.74 Å². The second-order valence-corrected chi connectivity index (χ2v) is 9.91. The van der Waals surface area contributed by atoms with E-state index in [1.54, 1.807) is 0 Å². The zero-order valence-corrected chi connectivity index (χ0v) is 15.6. The standard InChI is InChI=1S/C21H32O3/c1-18-8-5-15-19(2)9-7-16(22)20(3,17(23)24-4)14(19)6-10-21(15,13-18)12-11-18/h11-12,14-16,22H,5-10,13H2,1-4H3/t14-,15-,16+,18+,19+,20-,21-/m0/s1. The fraction of sp³-hybridized carbons (Fsp3) is 0.857. The monoisotopic (exact) mass is 332 g/mol. The summed E-state index contributed by atoms with van der Waals surface area (Å²) in [5, 5.41) is 10.7. The molecule has 0 unspecified atom stereocenters. The molecule has 0 radical (unpaired) electrons. The van der Waals surface area contributed by atoms with Gasteiger partial charge in [0.1, 0.15) is 0 Å². The molecule has 0 saturated heterocycles. The molecule has 7 atom stereocenters. The Morgan fingerprint density at radius 3 is 2.46 bits per heavy atom. The van der Waals surface area contributed by atoms with Crippen LogP contribution >= 0.6 is 0 Å². The number of aliphatic hydroxyl groups is 1. The number of esters is 1. The molecule has 0 aromatic rings. The summed E-state index contributed by atoms with van der Waals surface area (Å²) >= 11 is 0. The lowest BCUT2D eigenvalue weighted by Gasteiger charge is -2.64. The first-order valence-electron chi connectivity index (χ1n) is 9.67. The summed E-state index contributed by atoms with van der Waals surface area (Å²) in [6.45, 7) is 6.78. The highest BCUT2D eigenvalue weighted by molar-refractivity contribution is 5.78. The third-order valence-corrected chi connectivity index (χ3v) is 8.74. The topological polar surface area (TPSA) is 46.5 Å². The highest BCUT2D eigenvalue weighted by Gasteiger charge is 2.67. The second kappa shape index (κ2) is 4.87. The third kappa shape index (κ3) is 1.85. The number of hydrogen-bond acceptors (Lipinski definition) is 3. The Balaban J connectivity index is 1.76. The molecule has 0 amide bonds. The smallest absolute Gasteiger partial charge is 0.314 e. The molecule has 0 aromatic heterocycles. The van der Waals surface area contributed by atoms with Crippen molar-refractivity contribution < 1.29 is 14.6 Å². The first-order valence-corrected chi connectivity index (χ1v) is 9.67. The number of carbonyl (C=O) groups excluding carboxylic acids is 1. The van der Waals surface area contributed by atoms with Gasteiger partial charge in [0.05, 0.1) is 18.6 Å². The Morgan fingerprint density at radius 1 is 1.04 bits per heavy atom. The normalized spacial score (nSPS) is 55.6. The van der Waals surface area contributed by atoms with Crippen LogP contribution in [0.5, 0.6) is 0 Å². The molecule has 3 saturated carbocycles. The lowest BCUT2D eigenvalue weighted by atomic mass is 9.40. The molecule has 3 heteroatoms. The number of allylic oxidation sites excluding steroid dienone is 2. The van der Waals surface area contributed by atoms with Crippen LogP contribution in [0.3, 0.4) is 0 Å². The predicted octanol–water partition coefficient (Wildman–Crippen LogP) is 4.10. The van der Waals surface area contributed by atoms with Crippen LogP contribution in [0.15, 0.2) is 12.2 Å². The molecule has 0 aromatic carbocycles. The van der Waals surface area contributed by atoms with Gasteiger partial charge in [0.15, 0.2) is 0 Å². The summed E-state index contributed by atoms with van der Waals surface area (Å²) in [4.78, 5) is 12.7. The van der Waals surface area contributed by atoms with E-state index in [0.717, 1.165) is 19.3 Å². The van der Waals surface area contributed by atoms with Gasteiger partial charge in [-0.2, -0.15) is 0 Å². The van der Waals surface area contributed by atoms with Crippen molar-refractivity contribution in [3.8, 4) is 0 Å². The number of fused-ring (bicyclic) bond motifs is 3. The van der Waals surface area contributed by atoms with Crippen molar-refractivity contribution in [2.24, 2.45) is 33.5 Å². The van der Waals surface area contributed by atoms with E-state index in [9.17, 15) is 9.90 Å². The lowest BCUT2D eigenvalue weighted by molar-refractivity contribution is -0.204. The van der Waals surface area contributed by atoms with Crippen molar-refractivity contribution in [1.82, 2.24) is 0 Å². The fourth-order valence-corrected chi connectivity index (χ4v) is 7.54. The van der Waals surface area contributed by atoms with Gasteiger partial charge in [-0.1, -0.05) is 26.0 Å². The average molecular weight is 332 g/mol. The summed E-state index contributed by atoms with van der Waals surface area (Å²) < 4.78 is 5.16. The van der Waals surface area contributed by atoms with E-state index >= 15 is 0 Å². The van der Waals surface area contributed by atoms with Crippen molar-refractivity contribution in [3.05, 3.63) is 12.2 Å². The minimum Gasteiger partial charge on any atom is -0.469 e. The zero-order valence-electron chi connectivity index (χ0n) is 15.6. The van der Waals surface area contributed by atoms with E-state index in [2.05, 4.69) is 26.0 Å². The molecule has 3 fully saturated rings. The third-order valence-electron chi connectivity index (χ3n) is 8.74. The summed E-state index contributed by atoms with van der Waals surface area (Å²) in [5.41, 5.74) is 0.0833. The van der Waals surface area contributed by atoms with Gasteiger partial charge in [-0.05, 0) is 80.0 Å². The number of rotatable bonds is 1. The van der Waals surface area contributed by atoms with Crippen LogP contribution in [-0.2, 0) is 9.53 Å². The molecule has 3 nitrogen and oxygen atoms in total. The van der Waals surface area contributed by atoms with Gasteiger partial charge >= 0.3 is 5.97 Å². The Morgan fingerprint density at radius 2 is 1.75 bits per heavy atom. The molecule has 4 aliphatic carbocycles. The SMILES string of the molecule is COC(=O)[C@]1(C)[C@H](O)CC[C@@]2(C)[C@@H]3CC[C@]4(C)C=C[C@@]3(CC[C@@H]21)C4. The number of aliphatic hydroxyl groups excluding tert-OH is 1. The maximum atomic E-state index is 12.7. The number of carbonyl (C=O) groups is 1. The summed E-state index contributed by atoms with van der Waals surface area (Å²) in [5.74, 6) is 0.631. The van der Waals surface area contributed by atoms with E-state index < -0.39 is 11.5 Å². The summed E-state index contributed by atoms with van der Waals surface area (Å²) in [6, 6.07) is 0. The van der Waals surface area contributed by atoms with Gasteiger partial charge in [0.2, 0.25) is 0 Å². The first kappa shape index (κ1) is 16.6. The maximum absolute atomic E-state index is 12.7. The highest BCUT2D eigenvalue weighted by atomic mass is 16.5. The Labute approximate surface area is 145 Å². The molecular weight excluding hydrogens is 300 g/mol. The highest BCUT2D eigenvalue weighted by Crippen LogP contribution is 2.71. The van der Waals surface area contributed by atoms with E-state index in [1.165, 1.54) is 26.4 Å². The predicted molar refractivity (Wildman–Crippen MR) is 93.2 cm³/mol. The van der Waals surface area contributed by atoms with Crippen molar-refractivity contribution in [2.75, 3.05) is 7.11 Å². The van der Waals surface area contributed by atoms with Crippen LogP contribution in [0, 0.1) is 33.5 Å². The van der Waals surface area contributed by atoms with Crippen LogP contribution in [0.2, 0.25) is 0 Å². The largest absolute Gasteiger partial charge is 0.469 e.